The molecule has 180 valence electrons. The van der Waals surface area contributed by atoms with Crippen LogP contribution >= 0.6 is 0 Å². The van der Waals surface area contributed by atoms with E-state index < -0.39 is 6.10 Å². The molecule has 5 rings (SSSR count). The fourth-order valence-corrected chi connectivity index (χ4v) is 4.93. The van der Waals surface area contributed by atoms with Gasteiger partial charge in [-0.3, -0.25) is 20.4 Å². The van der Waals surface area contributed by atoms with Crippen molar-refractivity contribution in [3.63, 3.8) is 0 Å². The van der Waals surface area contributed by atoms with Gasteiger partial charge in [0.25, 0.3) is 11.8 Å². The van der Waals surface area contributed by atoms with Gasteiger partial charge < -0.3 is 20.1 Å². The number of β-amino-alcohol motifs (C(OH)–C–C–N with tert-alkyl or cyclic N) is 1. The average molecular weight is 465 g/mol. The summed E-state index contributed by atoms with van der Waals surface area (Å²) >= 11 is 0. The quantitative estimate of drug-likeness (QED) is 0.522. The fraction of sp³-hybridized carbons (Fsp3) is 0.462. The minimum absolute atomic E-state index is 0.102. The highest BCUT2D eigenvalue weighted by molar-refractivity contribution is 5.96. The lowest BCUT2D eigenvalue weighted by molar-refractivity contribution is 0.0715. The Morgan fingerprint density at radius 3 is 2.59 bits per heavy atom. The summed E-state index contributed by atoms with van der Waals surface area (Å²) < 4.78 is 5.61. The van der Waals surface area contributed by atoms with E-state index in [1.165, 1.54) is 0 Å². The molecule has 0 radical (unpaired) electrons. The Labute approximate surface area is 199 Å². The highest BCUT2D eigenvalue weighted by Crippen LogP contribution is 2.37. The molecule has 2 aromatic rings. The lowest BCUT2D eigenvalue weighted by Crippen LogP contribution is -2.34. The van der Waals surface area contributed by atoms with E-state index in [0.29, 0.717) is 23.3 Å². The number of carbonyl (C=O) groups is 2. The monoisotopic (exact) mass is 464 g/mol. The Hall–Kier alpha value is -2.94. The van der Waals surface area contributed by atoms with Crippen LogP contribution in [0.4, 0.5) is 0 Å². The molecule has 8 nitrogen and oxygen atoms in total. The zero-order chi connectivity index (χ0) is 23.9. The van der Waals surface area contributed by atoms with Crippen molar-refractivity contribution in [1.82, 2.24) is 21.1 Å². The minimum Gasteiger partial charge on any atom is -0.496 e. The Balaban J connectivity index is 1.38. The number of hydrazine groups is 1. The topological polar surface area (TPSA) is 103 Å². The zero-order valence-corrected chi connectivity index (χ0v) is 19.6. The van der Waals surface area contributed by atoms with E-state index in [1.807, 2.05) is 37.3 Å². The van der Waals surface area contributed by atoms with E-state index >= 15 is 0 Å². The number of aliphatic hydroxyl groups excluding tert-OH is 1. The molecule has 1 unspecified atom stereocenters. The number of aliphatic hydroxyl groups is 1. The molecule has 3 aliphatic rings. The molecule has 2 amide bonds. The third kappa shape index (κ3) is 4.53. The van der Waals surface area contributed by atoms with Crippen molar-refractivity contribution in [2.24, 2.45) is 0 Å². The molecular formula is C26H32N4O4. The van der Waals surface area contributed by atoms with Crippen molar-refractivity contribution >= 4 is 11.8 Å². The van der Waals surface area contributed by atoms with Gasteiger partial charge in [0.1, 0.15) is 5.75 Å². The van der Waals surface area contributed by atoms with E-state index in [4.69, 9.17) is 4.74 Å². The van der Waals surface area contributed by atoms with Crippen LogP contribution in [0.15, 0.2) is 42.5 Å². The highest BCUT2D eigenvalue weighted by Gasteiger charge is 2.39. The maximum Gasteiger partial charge on any atom is 0.254 e. The first-order valence-corrected chi connectivity index (χ1v) is 11.9. The van der Waals surface area contributed by atoms with Gasteiger partial charge in [-0.2, -0.15) is 0 Å². The maximum atomic E-state index is 13.5. The molecule has 2 atom stereocenters. The zero-order valence-electron chi connectivity index (χ0n) is 19.6. The van der Waals surface area contributed by atoms with Crippen molar-refractivity contribution in [2.45, 2.75) is 49.8 Å². The molecule has 2 aliphatic heterocycles. The fourth-order valence-electron chi connectivity index (χ4n) is 4.93. The van der Waals surface area contributed by atoms with Gasteiger partial charge in [0, 0.05) is 42.2 Å². The summed E-state index contributed by atoms with van der Waals surface area (Å²) in [6.07, 6.45) is 1.80. The molecular weight excluding hydrogens is 432 g/mol. The number of hydrogen-bond acceptors (Lipinski definition) is 6. The molecule has 0 bridgehead atoms. The number of benzene rings is 2. The molecule has 2 heterocycles. The van der Waals surface area contributed by atoms with Gasteiger partial charge in [-0.15, -0.1) is 0 Å². The molecule has 2 saturated heterocycles. The van der Waals surface area contributed by atoms with Gasteiger partial charge >= 0.3 is 0 Å². The second kappa shape index (κ2) is 9.02. The normalized spacial score (nSPS) is 23.7. The Kier molecular flexibility index (Phi) is 6.06. The van der Waals surface area contributed by atoms with Gasteiger partial charge in [-0.1, -0.05) is 18.2 Å². The maximum absolute atomic E-state index is 13.5. The minimum atomic E-state index is -0.617. The molecule has 1 saturated carbocycles. The van der Waals surface area contributed by atoms with E-state index in [-0.39, 0.29) is 35.9 Å². The van der Waals surface area contributed by atoms with Gasteiger partial charge in [-0.05, 0) is 61.6 Å². The first kappa shape index (κ1) is 22.8. The number of carbonyl (C=O) groups excluding carboxylic acids is 2. The van der Waals surface area contributed by atoms with Crippen molar-refractivity contribution in [2.75, 3.05) is 26.7 Å². The molecule has 4 N–H and O–H groups in total. The third-order valence-corrected chi connectivity index (χ3v) is 7.23. The van der Waals surface area contributed by atoms with E-state index in [2.05, 4.69) is 16.2 Å². The van der Waals surface area contributed by atoms with E-state index in [1.54, 1.807) is 24.1 Å². The van der Waals surface area contributed by atoms with E-state index in [0.717, 1.165) is 37.1 Å². The molecule has 8 heteroatoms. The summed E-state index contributed by atoms with van der Waals surface area (Å²) in [7, 11) is 1.62. The largest absolute Gasteiger partial charge is 0.496 e. The first-order valence-electron chi connectivity index (χ1n) is 11.9. The summed E-state index contributed by atoms with van der Waals surface area (Å²) in [6, 6.07) is 12.7. The van der Waals surface area contributed by atoms with Crippen LogP contribution in [0.1, 0.15) is 70.0 Å². The Bertz CT molecular complexity index is 1090. The number of nitrogens with one attached hydrogen (secondary N) is 3. The number of ether oxygens (including phenoxy) is 1. The van der Waals surface area contributed by atoms with E-state index in [9.17, 15) is 14.7 Å². The lowest BCUT2D eigenvalue weighted by atomic mass is 9.97. The summed E-state index contributed by atoms with van der Waals surface area (Å²) in [5, 5.41) is 13.5. The number of methoxy groups -OCH3 is 1. The molecule has 3 fully saturated rings. The predicted molar refractivity (Wildman–Crippen MR) is 128 cm³/mol. The van der Waals surface area contributed by atoms with Crippen molar-refractivity contribution in [3.05, 3.63) is 64.7 Å². The highest BCUT2D eigenvalue weighted by atomic mass is 16.5. The number of amides is 2. The molecule has 0 spiro atoms. The van der Waals surface area contributed by atoms with Crippen molar-refractivity contribution in [1.29, 1.82) is 0 Å². The van der Waals surface area contributed by atoms with Gasteiger partial charge in [0.2, 0.25) is 0 Å². The molecule has 2 aromatic carbocycles. The number of nitrogens with zero attached hydrogens (tertiary/aromatic N) is 1. The van der Waals surface area contributed by atoms with Crippen LogP contribution in [-0.2, 0) is 0 Å². The third-order valence-electron chi connectivity index (χ3n) is 7.23. The second-order valence-corrected chi connectivity index (χ2v) is 9.92. The van der Waals surface area contributed by atoms with Crippen LogP contribution < -0.4 is 20.9 Å². The van der Waals surface area contributed by atoms with Gasteiger partial charge in [-0.25, -0.2) is 0 Å². The predicted octanol–water partition coefficient (Wildman–Crippen LogP) is 2.12. The number of likely N-dealkylation sites (tertiary alicyclic amines) is 1. The SMILES string of the molecule is COc1cc(C(=O)N2CC(O)C[C@@H]2c2cccc(C(=O)NC3(C)CC3)c2)ccc1C1CNNC1. The van der Waals surface area contributed by atoms with Crippen LogP contribution in [0.5, 0.6) is 5.75 Å². The number of hydrogen-bond donors (Lipinski definition) is 4. The van der Waals surface area contributed by atoms with Crippen molar-refractivity contribution < 1.29 is 19.4 Å². The molecule has 0 aromatic heterocycles. The smallest absolute Gasteiger partial charge is 0.254 e. The first-order chi connectivity index (χ1) is 16.4. The Morgan fingerprint density at radius 2 is 1.88 bits per heavy atom. The van der Waals surface area contributed by atoms with Gasteiger partial charge in [0.05, 0.1) is 19.3 Å². The number of rotatable bonds is 6. The second-order valence-electron chi connectivity index (χ2n) is 9.92. The van der Waals surface area contributed by atoms with Crippen LogP contribution in [-0.4, -0.2) is 60.2 Å². The van der Waals surface area contributed by atoms with Crippen LogP contribution in [0, 0.1) is 0 Å². The van der Waals surface area contributed by atoms with Gasteiger partial charge in [0.15, 0.2) is 0 Å². The van der Waals surface area contributed by atoms with Crippen LogP contribution in [0.3, 0.4) is 0 Å². The Morgan fingerprint density at radius 1 is 1.12 bits per heavy atom. The summed E-state index contributed by atoms with van der Waals surface area (Å²) in [4.78, 5) is 28.0. The summed E-state index contributed by atoms with van der Waals surface area (Å²) in [5.74, 6) is 0.695. The van der Waals surface area contributed by atoms with Crippen LogP contribution in [0.2, 0.25) is 0 Å². The summed E-state index contributed by atoms with van der Waals surface area (Å²) in [5.41, 5.74) is 9.15. The standard InChI is InChI=1S/C26H32N4O4/c1-26(8-9-26)29-24(32)17-5-3-4-16(10-17)22-12-20(31)15-30(22)25(33)18-6-7-21(23(11-18)34-2)19-13-27-28-14-19/h3-7,10-11,19-20,22,27-28,31H,8-9,12-15H2,1-2H3,(H,29,32)/t20?,22-/m1/s1. The summed E-state index contributed by atoms with van der Waals surface area (Å²) in [6.45, 7) is 3.89. The average Bonchev–Trinajstić information content (AvgIpc) is 3.21. The van der Waals surface area contributed by atoms with Crippen molar-refractivity contribution in [3.8, 4) is 5.75 Å². The molecule has 34 heavy (non-hydrogen) atoms. The molecule has 1 aliphatic carbocycles. The van der Waals surface area contributed by atoms with Crippen LogP contribution in [0.25, 0.3) is 0 Å². The lowest BCUT2D eigenvalue weighted by Gasteiger charge is -2.26.